The van der Waals surface area contributed by atoms with Crippen LogP contribution in [0.2, 0.25) is 0 Å². The van der Waals surface area contributed by atoms with Gasteiger partial charge in [-0.25, -0.2) is 4.98 Å². The van der Waals surface area contributed by atoms with Crippen LogP contribution in [0.1, 0.15) is 28.8 Å². The summed E-state index contributed by atoms with van der Waals surface area (Å²) in [5, 5.41) is 0. The summed E-state index contributed by atoms with van der Waals surface area (Å²) in [4.78, 5) is 22.6. The summed E-state index contributed by atoms with van der Waals surface area (Å²) in [6.07, 6.45) is 6.17. The largest absolute Gasteiger partial charge is 0.356 e. The van der Waals surface area contributed by atoms with E-state index in [2.05, 4.69) is 40.4 Å². The van der Waals surface area contributed by atoms with Crippen molar-refractivity contribution in [1.29, 1.82) is 0 Å². The molecule has 1 aromatic carbocycles. The molecule has 1 aliphatic rings. The summed E-state index contributed by atoms with van der Waals surface area (Å²) in [5.41, 5.74) is 1.83. The van der Waals surface area contributed by atoms with E-state index in [0.717, 1.165) is 24.5 Å². The van der Waals surface area contributed by atoms with Crippen molar-refractivity contribution in [3.63, 3.8) is 0 Å². The third-order valence-electron chi connectivity index (χ3n) is 4.35. The van der Waals surface area contributed by atoms with Gasteiger partial charge in [0, 0.05) is 37.8 Å². The molecule has 0 bridgehead atoms. The minimum atomic E-state index is 0.0268. The van der Waals surface area contributed by atoms with Crippen LogP contribution in [0.25, 0.3) is 0 Å². The molecule has 3 rings (SSSR count). The maximum absolute atomic E-state index is 12.9. The minimum absolute atomic E-state index is 0.0268. The number of pyridine rings is 1. The number of hydrogen-bond donors (Lipinski definition) is 0. The van der Waals surface area contributed by atoms with Crippen LogP contribution in [0, 0.1) is 0 Å². The van der Waals surface area contributed by atoms with Gasteiger partial charge in [-0.1, -0.05) is 12.1 Å². The number of thioether (sulfide) groups is 1. The van der Waals surface area contributed by atoms with E-state index < -0.39 is 0 Å². The average Bonchev–Trinajstić information content (AvgIpc) is 3.16. The molecule has 0 radical (unpaired) electrons. The van der Waals surface area contributed by atoms with E-state index in [9.17, 15) is 4.79 Å². The molecule has 1 saturated heterocycles. The van der Waals surface area contributed by atoms with Gasteiger partial charge in [-0.05, 0) is 48.9 Å². The lowest BCUT2D eigenvalue weighted by atomic mass is 10.1. The molecule has 5 heteroatoms. The van der Waals surface area contributed by atoms with Crippen molar-refractivity contribution in [2.45, 2.75) is 24.3 Å². The fourth-order valence-electron chi connectivity index (χ4n) is 3.03. The van der Waals surface area contributed by atoms with Gasteiger partial charge in [-0.15, -0.1) is 11.8 Å². The molecular weight excluding hydrogens is 318 g/mol. The lowest BCUT2D eigenvalue weighted by Gasteiger charge is -2.23. The van der Waals surface area contributed by atoms with Crippen LogP contribution >= 0.6 is 11.8 Å². The monoisotopic (exact) mass is 341 g/mol. The molecule has 2 aromatic rings. The topological polar surface area (TPSA) is 36.4 Å². The first-order chi connectivity index (χ1) is 11.7. The second kappa shape index (κ2) is 7.71. The highest BCUT2D eigenvalue weighted by molar-refractivity contribution is 7.98. The molecule has 0 aliphatic carbocycles. The first kappa shape index (κ1) is 16.8. The van der Waals surface area contributed by atoms with Crippen molar-refractivity contribution in [3.8, 4) is 0 Å². The molecule has 0 unspecified atom stereocenters. The van der Waals surface area contributed by atoms with Gasteiger partial charge >= 0.3 is 0 Å². The molecule has 0 saturated carbocycles. The molecule has 24 heavy (non-hydrogen) atoms. The van der Waals surface area contributed by atoms with Crippen LogP contribution in [0.3, 0.4) is 0 Å². The van der Waals surface area contributed by atoms with Crippen molar-refractivity contribution in [2.24, 2.45) is 0 Å². The summed E-state index contributed by atoms with van der Waals surface area (Å²) < 4.78 is 0. The van der Waals surface area contributed by atoms with Crippen molar-refractivity contribution in [3.05, 3.63) is 53.7 Å². The molecule has 4 nitrogen and oxygen atoms in total. The summed E-state index contributed by atoms with van der Waals surface area (Å²) in [5.74, 6) is 0.850. The maximum Gasteiger partial charge on any atom is 0.257 e. The lowest BCUT2D eigenvalue weighted by Crippen LogP contribution is -2.29. The van der Waals surface area contributed by atoms with E-state index >= 15 is 0 Å². The first-order valence-electron chi connectivity index (χ1n) is 8.27. The minimum Gasteiger partial charge on any atom is -0.356 e. The number of carbonyl (C=O) groups excluding carboxylic acids is 1. The number of rotatable bonds is 5. The molecule has 0 spiro atoms. The number of benzene rings is 1. The Morgan fingerprint density at radius 3 is 2.58 bits per heavy atom. The van der Waals surface area contributed by atoms with Crippen molar-refractivity contribution in [1.82, 2.24) is 9.88 Å². The van der Waals surface area contributed by atoms with Crippen molar-refractivity contribution < 1.29 is 4.79 Å². The molecule has 0 N–H and O–H groups in total. The highest BCUT2D eigenvalue weighted by Gasteiger charge is 2.22. The number of anilines is 1. The maximum atomic E-state index is 12.9. The summed E-state index contributed by atoms with van der Waals surface area (Å²) in [6.45, 7) is 2.57. The zero-order valence-corrected chi connectivity index (χ0v) is 15.1. The molecule has 126 valence electrons. The zero-order valence-electron chi connectivity index (χ0n) is 14.2. The summed E-state index contributed by atoms with van der Waals surface area (Å²) >= 11 is 1.72. The van der Waals surface area contributed by atoms with Gasteiger partial charge in [0.1, 0.15) is 5.82 Å². The van der Waals surface area contributed by atoms with E-state index in [1.54, 1.807) is 22.9 Å². The van der Waals surface area contributed by atoms with E-state index in [4.69, 9.17) is 0 Å². The quantitative estimate of drug-likeness (QED) is 0.778. The van der Waals surface area contributed by atoms with Crippen molar-refractivity contribution in [2.75, 3.05) is 31.3 Å². The SMILES string of the molecule is CSc1ccc(CN(C)C(=O)c2cccnc2N2CCCC2)cc1. The fraction of sp³-hybridized carbons (Fsp3) is 0.368. The predicted molar refractivity (Wildman–Crippen MR) is 99.7 cm³/mol. The van der Waals surface area contributed by atoms with E-state index in [1.807, 2.05) is 19.2 Å². The van der Waals surface area contributed by atoms with Gasteiger partial charge in [-0.2, -0.15) is 0 Å². The molecule has 1 amide bonds. The van der Waals surface area contributed by atoms with Gasteiger partial charge in [0.25, 0.3) is 5.91 Å². The van der Waals surface area contributed by atoms with E-state index in [1.165, 1.54) is 17.7 Å². The molecule has 1 aliphatic heterocycles. The molecule has 1 fully saturated rings. The Labute approximate surface area is 147 Å². The summed E-state index contributed by atoms with van der Waals surface area (Å²) in [6, 6.07) is 12.1. The second-order valence-corrected chi connectivity index (χ2v) is 6.96. The van der Waals surface area contributed by atoms with Gasteiger partial charge in [-0.3, -0.25) is 4.79 Å². The third kappa shape index (κ3) is 3.73. The number of nitrogens with zero attached hydrogens (tertiary/aromatic N) is 3. The molecule has 1 aromatic heterocycles. The van der Waals surface area contributed by atoms with Gasteiger partial charge in [0.15, 0.2) is 0 Å². The zero-order chi connectivity index (χ0) is 16.9. The first-order valence-corrected chi connectivity index (χ1v) is 9.50. The normalized spacial score (nSPS) is 14.0. The van der Waals surface area contributed by atoms with E-state index in [0.29, 0.717) is 12.1 Å². The Hall–Kier alpha value is -2.01. The van der Waals surface area contributed by atoms with Crippen LogP contribution in [0.4, 0.5) is 5.82 Å². The molecule has 0 atom stereocenters. The smallest absolute Gasteiger partial charge is 0.257 e. The van der Waals surface area contributed by atoms with Crippen molar-refractivity contribution >= 4 is 23.5 Å². The Kier molecular flexibility index (Phi) is 5.41. The van der Waals surface area contributed by atoms with E-state index in [-0.39, 0.29) is 5.91 Å². The molecular formula is C19H23N3OS. The highest BCUT2D eigenvalue weighted by atomic mass is 32.2. The van der Waals surface area contributed by atoms with Crippen LogP contribution in [0.15, 0.2) is 47.5 Å². The summed E-state index contributed by atoms with van der Waals surface area (Å²) in [7, 11) is 1.85. The van der Waals surface area contributed by atoms with Crippen LogP contribution in [0.5, 0.6) is 0 Å². The average molecular weight is 341 g/mol. The lowest BCUT2D eigenvalue weighted by molar-refractivity contribution is 0.0785. The van der Waals surface area contributed by atoms with Crippen LogP contribution < -0.4 is 4.90 Å². The predicted octanol–water partition coefficient (Wildman–Crippen LogP) is 3.68. The number of amides is 1. The Bertz CT molecular complexity index is 696. The standard InChI is InChI=1S/C19H23N3OS/c1-21(14-15-7-9-16(24-2)10-8-15)19(23)17-6-5-11-20-18(17)22-12-3-4-13-22/h5-11H,3-4,12-14H2,1-2H3. The van der Waals surface area contributed by atoms with Crippen LogP contribution in [-0.4, -0.2) is 42.2 Å². The Balaban J connectivity index is 1.75. The van der Waals surface area contributed by atoms with Gasteiger partial charge < -0.3 is 9.80 Å². The van der Waals surface area contributed by atoms with Gasteiger partial charge in [0.05, 0.1) is 5.56 Å². The van der Waals surface area contributed by atoms with Crippen LogP contribution in [-0.2, 0) is 6.54 Å². The number of carbonyl (C=O) groups is 1. The van der Waals surface area contributed by atoms with Gasteiger partial charge in [0.2, 0.25) is 0 Å². The number of hydrogen-bond acceptors (Lipinski definition) is 4. The fourth-order valence-corrected chi connectivity index (χ4v) is 3.44. The molecule has 2 heterocycles. The Morgan fingerprint density at radius 1 is 1.21 bits per heavy atom. The Morgan fingerprint density at radius 2 is 1.92 bits per heavy atom. The highest BCUT2D eigenvalue weighted by Crippen LogP contribution is 2.23. The second-order valence-electron chi connectivity index (χ2n) is 6.08. The number of aromatic nitrogens is 1. The third-order valence-corrected chi connectivity index (χ3v) is 5.09.